The fraction of sp³-hybridized carbons (Fsp3) is 0.857. The fourth-order valence-electron chi connectivity index (χ4n) is 1.03. The second kappa shape index (κ2) is 2.25. The van der Waals surface area contributed by atoms with E-state index < -0.39 is 0 Å². The molecule has 0 aromatic heterocycles. The van der Waals surface area contributed by atoms with Crippen molar-refractivity contribution in [2.45, 2.75) is 39.0 Å². The highest BCUT2D eigenvalue weighted by atomic mass is 14.2. The Morgan fingerprint density at radius 1 is 1.43 bits per heavy atom. The third-order valence-electron chi connectivity index (χ3n) is 1.66. The van der Waals surface area contributed by atoms with E-state index in [1.165, 1.54) is 32.1 Å². The van der Waals surface area contributed by atoms with Crippen molar-refractivity contribution in [2.24, 2.45) is 0 Å². The van der Waals surface area contributed by atoms with Gasteiger partial charge in [-0.05, 0) is 6.42 Å². The summed E-state index contributed by atoms with van der Waals surface area (Å²) >= 11 is 0. The van der Waals surface area contributed by atoms with Crippen LogP contribution in [0.5, 0.6) is 0 Å². The van der Waals surface area contributed by atoms with Crippen LogP contribution >= 0.6 is 0 Å². The minimum absolute atomic E-state index is 1.36. The molecule has 0 bridgehead atoms. The van der Waals surface area contributed by atoms with E-state index in [2.05, 4.69) is 6.92 Å². The summed E-state index contributed by atoms with van der Waals surface area (Å²) in [7, 11) is 0. The first kappa shape index (κ1) is 5.02. The lowest BCUT2D eigenvalue weighted by Gasteiger charge is -2.11. The second-order valence-corrected chi connectivity index (χ2v) is 2.35. The van der Waals surface area contributed by atoms with Crippen molar-refractivity contribution in [1.29, 1.82) is 0 Å². The molecular weight excluding hydrogens is 84.1 g/mol. The van der Waals surface area contributed by atoms with Gasteiger partial charge in [-0.1, -0.05) is 6.92 Å². The molecule has 1 aliphatic rings. The molecule has 0 saturated heterocycles. The predicted octanol–water partition coefficient (Wildman–Crippen LogP) is 2.54. The summed E-state index contributed by atoms with van der Waals surface area (Å²) in [5.41, 5.74) is 0. The Kier molecular flexibility index (Phi) is 1.61. The zero-order valence-corrected chi connectivity index (χ0v) is 5.04. The van der Waals surface area contributed by atoms with Gasteiger partial charge in [-0.2, -0.15) is 0 Å². The highest BCUT2D eigenvalue weighted by molar-refractivity contribution is 4.97. The molecule has 0 amide bonds. The molecule has 40 valence electrons. The molecular formula is C7H13+. The maximum atomic E-state index is 2.26. The van der Waals surface area contributed by atoms with Crippen LogP contribution in [0.2, 0.25) is 0 Å². The topological polar surface area (TPSA) is 0 Å². The van der Waals surface area contributed by atoms with E-state index in [0.717, 1.165) is 0 Å². The zero-order valence-electron chi connectivity index (χ0n) is 5.04. The number of hydrogen-bond acceptors (Lipinski definition) is 0. The summed E-state index contributed by atoms with van der Waals surface area (Å²) in [6.45, 7) is 2.26. The van der Waals surface area contributed by atoms with Crippen LogP contribution in [0.4, 0.5) is 0 Å². The normalized spacial score (nSPS) is 19.3. The largest absolute Gasteiger partial charge is 0.0941 e. The summed E-state index contributed by atoms with van der Waals surface area (Å²) in [5, 5.41) is 0. The van der Waals surface area contributed by atoms with Crippen LogP contribution in [-0.4, -0.2) is 0 Å². The molecule has 1 rings (SSSR count). The molecule has 0 heterocycles. The Morgan fingerprint density at radius 3 is 2.29 bits per heavy atom. The molecule has 0 atom stereocenters. The van der Waals surface area contributed by atoms with Gasteiger partial charge < -0.3 is 0 Å². The Bertz CT molecular complexity index is 44.0. The molecule has 0 N–H and O–H groups in total. The first-order valence-electron chi connectivity index (χ1n) is 3.27. The van der Waals surface area contributed by atoms with Crippen molar-refractivity contribution < 1.29 is 0 Å². The van der Waals surface area contributed by atoms with E-state index in [-0.39, 0.29) is 0 Å². The lowest BCUT2D eigenvalue weighted by molar-refractivity contribution is 0.502. The van der Waals surface area contributed by atoms with Crippen LogP contribution in [0.3, 0.4) is 0 Å². The van der Waals surface area contributed by atoms with Gasteiger partial charge in [0.15, 0.2) is 0 Å². The van der Waals surface area contributed by atoms with E-state index in [4.69, 9.17) is 0 Å². The molecule has 1 saturated carbocycles. The van der Waals surface area contributed by atoms with Gasteiger partial charge in [0.2, 0.25) is 0 Å². The third-order valence-corrected chi connectivity index (χ3v) is 1.66. The van der Waals surface area contributed by atoms with Crippen LogP contribution in [0.25, 0.3) is 0 Å². The van der Waals surface area contributed by atoms with Gasteiger partial charge in [-0.15, -0.1) is 0 Å². The Hall–Kier alpha value is -0.130. The Balaban J connectivity index is 1.93. The lowest BCUT2D eigenvalue weighted by Crippen LogP contribution is -2.06. The van der Waals surface area contributed by atoms with Crippen LogP contribution in [0.15, 0.2) is 0 Å². The number of hydrogen-bond donors (Lipinski definition) is 0. The molecule has 0 nitrogen and oxygen atoms in total. The predicted molar refractivity (Wildman–Crippen MR) is 32.0 cm³/mol. The minimum atomic E-state index is 1.36. The molecule has 0 spiro atoms. The molecule has 0 unspecified atom stereocenters. The second-order valence-electron chi connectivity index (χ2n) is 2.35. The summed E-state index contributed by atoms with van der Waals surface area (Å²) in [6, 6.07) is 0. The van der Waals surface area contributed by atoms with Gasteiger partial charge in [0.05, 0.1) is 25.2 Å². The van der Waals surface area contributed by atoms with E-state index in [0.29, 0.717) is 0 Å². The molecule has 0 heteroatoms. The molecule has 0 aromatic carbocycles. The molecule has 0 aromatic rings. The van der Waals surface area contributed by atoms with Gasteiger partial charge in [0.25, 0.3) is 0 Å². The van der Waals surface area contributed by atoms with Gasteiger partial charge in [0.1, 0.15) is 0 Å². The van der Waals surface area contributed by atoms with Crippen molar-refractivity contribution in [3.8, 4) is 0 Å². The standard InChI is InChI=1S/C7H13/c1-2-4-7-5-3-6-7/h2-6H2,1H3/q+1. The van der Waals surface area contributed by atoms with Gasteiger partial charge in [0, 0.05) is 6.42 Å². The van der Waals surface area contributed by atoms with Crippen LogP contribution in [0.1, 0.15) is 39.0 Å². The van der Waals surface area contributed by atoms with Crippen LogP contribution < -0.4 is 0 Å². The van der Waals surface area contributed by atoms with Crippen LogP contribution in [0, 0.1) is 5.92 Å². The van der Waals surface area contributed by atoms with E-state index >= 15 is 0 Å². The highest BCUT2D eigenvalue weighted by Gasteiger charge is 2.27. The molecule has 7 heavy (non-hydrogen) atoms. The van der Waals surface area contributed by atoms with Crippen molar-refractivity contribution in [3.63, 3.8) is 0 Å². The molecule has 0 radical (unpaired) electrons. The van der Waals surface area contributed by atoms with E-state index in [9.17, 15) is 0 Å². The minimum Gasteiger partial charge on any atom is -0.0613 e. The average molecular weight is 97.2 g/mol. The van der Waals surface area contributed by atoms with Crippen molar-refractivity contribution >= 4 is 0 Å². The van der Waals surface area contributed by atoms with E-state index in [1.54, 1.807) is 0 Å². The summed E-state index contributed by atoms with van der Waals surface area (Å²) in [4.78, 5) is 0. The monoisotopic (exact) mass is 97.1 g/mol. The fourth-order valence-corrected chi connectivity index (χ4v) is 1.03. The SMILES string of the molecule is CCC[C+]1CCC1. The number of rotatable bonds is 2. The van der Waals surface area contributed by atoms with Crippen molar-refractivity contribution in [1.82, 2.24) is 0 Å². The van der Waals surface area contributed by atoms with E-state index in [1.807, 2.05) is 5.92 Å². The average Bonchev–Trinajstić information content (AvgIpc) is 1.55. The summed E-state index contributed by atoms with van der Waals surface area (Å²) in [6.07, 6.45) is 7.10. The molecule has 1 aliphatic carbocycles. The zero-order chi connectivity index (χ0) is 5.11. The molecule has 0 aliphatic heterocycles. The van der Waals surface area contributed by atoms with Crippen molar-refractivity contribution in [2.75, 3.05) is 0 Å². The van der Waals surface area contributed by atoms with Gasteiger partial charge in [-0.3, -0.25) is 0 Å². The first-order chi connectivity index (χ1) is 3.43. The quantitative estimate of drug-likeness (QED) is 0.464. The highest BCUT2D eigenvalue weighted by Crippen LogP contribution is 2.32. The smallest absolute Gasteiger partial charge is 0.0613 e. The van der Waals surface area contributed by atoms with Crippen molar-refractivity contribution in [3.05, 3.63) is 5.92 Å². The Labute approximate surface area is 45.9 Å². The maximum Gasteiger partial charge on any atom is 0.0941 e. The summed E-state index contributed by atoms with van der Waals surface area (Å²) in [5.74, 6) is 1.81. The maximum absolute atomic E-state index is 2.26. The first-order valence-corrected chi connectivity index (χ1v) is 3.27. The summed E-state index contributed by atoms with van der Waals surface area (Å²) < 4.78 is 0. The van der Waals surface area contributed by atoms with Crippen LogP contribution in [-0.2, 0) is 0 Å². The Morgan fingerprint density at radius 2 is 2.14 bits per heavy atom. The third kappa shape index (κ3) is 1.12. The molecule has 1 fully saturated rings. The van der Waals surface area contributed by atoms with Gasteiger partial charge >= 0.3 is 0 Å². The van der Waals surface area contributed by atoms with Gasteiger partial charge in [-0.25, -0.2) is 0 Å². The lowest BCUT2D eigenvalue weighted by atomic mass is 9.82.